The molecule has 1 rings (SSSR count). The molecule has 1 unspecified atom stereocenters. The van der Waals surface area contributed by atoms with Crippen molar-refractivity contribution in [2.75, 3.05) is 38.0 Å². The summed E-state index contributed by atoms with van der Waals surface area (Å²) in [6, 6.07) is 6.28. The molecule has 0 saturated carbocycles. The van der Waals surface area contributed by atoms with Crippen molar-refractivity contribution < 1.29 is 9.47 Å². The number of nitrogens with zero attached hydrogens (tertiary/aromatic N) is 1. The third-order valence-corrected chi connectivity index (χ3v) is 3.23. The number of benzene rings is 1. The van der Waals surface area contributed by atoms with Gasteiger partial charge in [-0.15, -0.1) is 0 Å². The smallest absolute Gasteiger partial charge is 0.143 e. The van der Waals surface area contributed by atoms with E-state index in [1.165, 1.54) is 0 Å². The molecule has 0 fully saturated rings. The second kappa shape index (κ2) is 7.11. The zero-order valence-electron chi connectivity index (χ0n) is 11.8. The standard InChI is InChI=1S/C14H24N2O2/c1-5-11(2)16(9-10-17-3)12-7-6-8-13(18-4)14(12)15/h6-8,11H,5,9-10,15H2,1-4H3. The fourth-order valence-corrected chi connectivity index (χ4v) is 1.95. The Morgan fingerprint density at radius 1 is 1.33 bits per heavy atom. The van der Waals surface area contributed by atoms with Gasteiger partial charge in [-0.25, -0.2) is 0 Å². The maximum atomic E-state index is 6.15. The van der Waals surface area contributed by atoms with Crippen molar-refractivity contribution in [2.45, 2.75) is 26.3 Å². The molecule has 4 nitrogen and oxygen atoms in total. The van der Waals surface area contributed by atoms with Crippen molar-refractivity contribution in [3.63, 3.8) is 0 Å². The molecule has 2 N–H and O–H groups in total. The van der Waals surface area contributed by atoms with E-state index in [2.05, 4.69) is 18.7 Å². The molecule has 102 valence electrons. The Kier molecular flexibility index (Phi) is 5.78. The fourth-order valence-electron chi connectivity index (χ4n) is 1.95. The van der Waals surface area contributed by atoms with Gasteiger partial charge in [-0.05, 0) is 25.5 Å². The lowest BCUT2D eigenvalue weighted by Crippen LogP contribution is -2.36. The van der Waals surface area contributed by atoms with Crippen molar-refractivity contribution in [2.24, 2.45) is 0 Å². The molecule has 1 aromatic rings. The van der Waals surface area contributed by atoms with E-state index in [4.69, 9.17) is 15.2 Å². The van der Waals surface area contributed by atoms with Crippen LogP contribution < -0.4 is 15.4 Å². The van der Waals surface area contributed by atoms with Crippen LogP contribution in [0, 0.1) is 0 Å². The Morgan fingerprint density at radius 2 is 2.06 bits per heavy atom. The second-order valence-corrected chi connectivity index (χ2v) is 4.34. The highest BCUT2D eigenvalue weighted by Crippen LogP contribution is 2.33. The zero-order valence-corrected chi connectivity index (χ0v) is 11.8. The number of hydrogen-bond donors (Lipinski definition) is 1. The molecule has 0 aromatic heterocycles. The van der Waals surface area contributed by atoms with Crippen molar-refractivity contribution >= 4 is 11.4 Å². The number of nitrogens with two attached hydrogens (primary N) is 1. The van der Waals surface area contributed by atoms with E-state index >= 15 is 0 Å². The third kappa shape index (κ3) is 3.29. The lowest BCUT2D eigenvalue weighted by molar-refractivity contribution is 0.203. The molecule has 0 radical (unpaired) electrons. The highest BCUT2D eigenvalue weighted by Gasteiger charge is 2.17. The Hall–Kier alpha value is -1.42. The summed E-state index contributed by atoms with van der Waals surface area (Å²) in [5, 5.41) is 0. The molecule has 0 amide bonds. The number of anilines is 2. The van der Waals surface area contributed by atoms with Crippen molar-refractivity contribution in [1.82, 2.24) is 0 Å². The summed E-state index contributed by atoms with van der Waals surface area (Å²) in [7, 11) is 3.35. The molecule has 0 heterocycles. The molecule has 4 heteroatoms. The van der Waals surface area contributed by atoms with Gasteiger partial charge in [-0.3, -0.25) is 0 Å². The van der Waals surface area contributed by atoms with E-state index in [0.29, 0.717) is 18.3 Å². The van der Waals surface area contributed by atoms with Gasteiger partial charge < -0.3 is 20.1 Å². The molecule has 0 bridgehead atoms. The number of nitrogen functional groups attached to an aromatic ring is 1. The summed E-state index contributed by atoms with van der Waals surface area (Å²) in [6.07, 6.45) is 1.06. The minimum Gasteiger partial charge on any atom is -0.495 e. The lowest BCUT2D eigenvalue weighted by Gasteiger charge is -2.32. The summed E-state index contributed by atoms with van der Waals surface area (Å²) in [6.45, 7) is 5.86. The van der Waals surface area contributed by atoms with Crippen molar-refractivity contribution in [3.8, 4) is 5.75 Å². The molecule has 1 atom stereocenters. The Morgan fingerprint density at radius 3 is 2.61 bits per heavy atom. The van der Waals surface area contributed by atoms with E-state index < -0.39 is 0 Å². The molecule has 0 saturated heterocycles. The van der Waals surface area contributed by atoms with Crippen LogP contribution >= 0.6 is 0 Å². The first-order chi connectivity index (χ1) is 8.65. The van der Waals surface area contributed by atoms with Crippen LogP contribution in [0.2, 0.25) is 0 Å². The number of methoxy groups -OCH3 is 2. The SMILES string of the molecule is CCC(C)N(CCOC)c1cccc(OC)c1N. The lowest BCUT2D eigenvalue weighted by atomic mass is 10.1. The van der Waals surface area contributed by atoms with Crippen LogP contribution in [0.5, 0.6) is 5.75 Å². The van der Waals surface area contributed by atoms with Gasteiger partial charge >= 0.3 is 0 Å². The summed E-state index contributed by atoms with van der Waals surface area (Å²) in [4.78, 5) is 2.27. The minimum absolute atomic E-state index is 0.412. The Bertz CT molecular complexity index is 369. The minimum atomic E-state index is 0.412. The maximum absolute atomic E-state index is 6.15. The third-order valence-electron chi connectivity index (χ3n) is 3.23. The molecule has 18 heavy (non-hydrogen) atoms. The van der Waals surface area contributed by atoms with Crippen LogP contribution in [-0.2, 0) is 4.74 Å². The van der Waals surface area contributed by atoms with Crippen LogP contribution in [0.1, 0.15) is 20.3 Å². The summed E-state index contributed by atoms with van der Waals surface area (Å²) >= 11 is 0. The molecule has 0 aliphatic rings. The van der Waals surface area contributed by atoms with Gasteiger partial charge in [-0.1, -0.05) is 13.0 Å². The van der Waals surface area contributed by atoms with E-state index in [1.807, 2.05) is 18.2 Å². The number of ether oxygens (including phenoxy) is 2. The quantitative estimate of drug-likeness (QED) is 0.758. The first-order valence-corrected chi connectivity index (χ1v) is 6.33. The Balaban J connectivity index is 3.04. The van der Waals surface area contributed by atoms with Crippen LogP contribution in [0.15, 0.2) is 18.2 Å². The summed E-state index contributed by atoms with van der Waals surface area (Å²) < 4.78 is 10.4. The van der Waals surface area contributed by atoms with Crippen LogP contribution in [-0.4, -0.2) is 33.4 Å². The van der Waals surface area contributed by atoms with E-state index in [0.717, 1.165) is 24.4 Å². The van der Waals surface area contributed by atoms with Crippen molar-refractivity contribution in [3.05, 3.63) is 18.2 Å². The molecule has 0 aliphatic carbocycles. The second-order valence-electron chi connectivity index (χ2n) is 4.34. The van der Waals surface area contributed by atoms with Crippen LogP contribution in [0.25, 0.3) is 0 Å². The number of hydrogen-bond acceptors (Lipinski definition) is 4. The number of rotatable bonds is 7. The van der Waals surface area contributed by atoms with Gasteiger partial charge in [-0.2, -0.15) is 0 Å². The van der Waals surface area contributed by atoms with E-state index in [-0.39, 0.29) is 0 Å². The average Bonchev–Trinajstić information content (AvgIpc) is 2.40. The zero-order chi connectivity index (χ0) is 13.5. The van der Waals surface area contributed by atoms with Gasteiger partial charge in [0.1, 0.15) is 5.75 Å². The van der Waals surface area contributed by atoms with Crippen LogP contribution in [0.3, 0.4) is 0 Å². The highest BCUT2D eigenvalue weighted by atomic mass is 16.5. The molecular formula is C14H24N2O2. The van der Waals surface area contributed by atoms with Crippen molar-refractivity contribution in [1.29, 1.82) is 0 Å². The summed E-state index contributed by atoms with van der Waals surface area (Å²) in [5.41, 5.74) is 7.86. The predicted octanol–water partition coefficient (Wildman–Crippen LogP) is 2.53. The Labute approximate surface area is 110 Å². The average molecular weight is 252 g/mol. The molecule has 0 aliphatic heterocycles. The van der Waals surface area contributed by atoms with Gasteiger partial charge in [0.25, 0.3) is 0 Å². The van der Waals surface area contributed by atoms with Gasteiger partial charge in [0.2, 0.25) is 0 Å². The topological polar surface area (TPSA) is 47.7 Å². The first-order valence-electron chi connectivity index (χ1n) is 6.33. The molecular weight excluding hydrogens is 228 g/mol. The van der Waals surface area contributed by atoms with Crippen LogP contribution in [0.4, 0.5) is 11.4 Å². The predicted molar refractivity (Wildman–Crippen MR) is 76.4 cm³/mol. The maximum Gasteiger partial charge on any atom is 0.143 e. The largest absolute Gasteiger partial charge is 0.495 e. The van der Waals surface area contributed by atoms with Gasteiger partial charge in [0, 0.05) is 19.7 Å². The normalized spacial score (nSPS) is 12.2. The number of para-hydroxylation sites is 1. The van der Waals surface area contributed by atoms with Gasteiger partial charge in [0.15, 0.2) is 0 Å². The molecule has 1 aromatic carbocycles. The van der Waals surface area contributed by atoms with E-state index in [9.17, 15) is 0 Å². The first kappa shape index (κ1) is 14.6. The fraction of sp³-hybridized carbons (Fsp3) is 0.571. The molecule has 0 spiro atoms. The summed E-state index contributed by atoms with van der Waals surface area (Å²) in [5.74, 6) is 0.721. The van der Waals surface area contributed by atoms with E-state index in [1.54, 1.807) is 14.2 Å². The van der Waals surface area contributed by atoms with Gasteiger partial charge in [0.05, 0.1) is 25.1 Å². The monoisotopic (exact) mass is 252 g/mol. The highest BCUT2D eigenvalue weighted by molar-refractivity contribution is 5.74.